The Morgan fingerprint density at radius 1 is 0.833 bits per heavy atom. The van der Waals surface area contributed by atoms with Crippen LogP contribution in [0.3, 0.4) is 0 Å². The number of hydrogen-bond donors (Lipinski definition) is 3. The van der Waals surface area contributed by atoms with Gasteiger partial charge in [-0.3, -0.25) is 4.79 Å². The lowest BCUT2D eigenvalue weighted by molar-refractivity contribution is 0.609. The number of anilines is 2. The molecule has 5 nitrogen and oxygen atoms in total. The van der Waals surface area contributed by atoms with Crippen molar-refractivity contribution in [1.29, 1.82) is 0 Å². The highest BCUT2D eigenvalue weighted by atomic mass is 35.5. The molecule has 2 aromatic carbocycles. The lowest BCUT2D eigenvalue weighted by Gasteiger charge is -2.36. The average molecular weight is 339 g/mol. The van der Waals surface area contributed by atoms with Crippen molar-refractivity contribution in [2.24, 2.45) is 0 Å². The van der Waals surface area contributed by atoms with Crippen molar-refractivity contribution in [2.75, 3.05) is 10.6 Å². The van der Waals surface area contributed by atoms with Gasteiger partial charge in [0.1, 0.15) is 0 Å². The molecule has 1 aromatic heterocycles. The van der Waals surface area contributed by atoms with E-state index < -0.39 is 0 Å². The van der Waals surface area contributed by atoms with Crippen molar-refractivity contribution < 1.29 is 0 Å². The highest BCUT2D eigenvalue weighted by Gasteiger charge is 2.31. The summed E-state index contributed by atoms with van der Waals surface area (Å²) in [6.07, 6.45) is 0. The summed E-state index contributed by atoms with van der Waals surface area (Å²) >= 11 is 6.01. The van der Waals surface area contributed by atoms with E-state index in [2.05, 4.69) is 20.8 Å². The van der Waals surface area contributed by atoms with Crippen molar-refractivity contribution in [3.63, 3.8) is 0 Å². The van der Waals surface area contributed by atoms with E-state index in [-0.39, 0.29) is 17.6 Å². The first kappa shape index (κ1) is 14.8. The van der Waals surface area contributed by atoms with Crippen molar-refractivity contribution in [3.05, 3.63) is 87.3 Å². The number of rotatable bonds is 2. The number of aromatic amines is 1. The lowest BCUT2D eigenvalue weighted by atomic mass is 9.93. The van der Waals surface area contributed by atoms with Crippen LogP contribution in [0.4, 0.5) is 11.4 Å². The maximum Gasteiger partial charge on any atom is 0.264 e. The van der Waals surface area contributed by atoms with Crippen LogP contribution in [0, 0.1) is 0 Å². The van der Waals surface area contributed by atoms with Gasteiger partial charge in [0.15, 0.2) is 0 Å². The number of H-pyrrole nitrogens is 1. The topological polar surface area (TPSA) is 69.8 Å². The standard InChI is InChI=1S/C18H15ClN4O/c19-12-7-5-11(6-8-12)17-18(15-9-10-16(24)23-22-15)21-14-4-2-1-3-13(14)20-17/h1-10,17-18,20-21H,(H,23,24). The first-order valence-electron chi connectivity index (χ1n) is 7.64. The Bertz CT molecular complexity index is 902. The van der Waals surface area contributed by atoms with E-state index in [1.807, 2.05) is 48.5 Å². The Balaban J connectivity index is 1.79. The molecule has 2 atom stereocenters. The summed E-state index contributed by atoms with van der Waals surface area (Å²) in [5.41, 5.74) is 3.65. The van der Waals surface area contributed by atoms with Gasteiger partial charge < -0.3 is 10.6 Å². The molecule has 1 aliphatic rings. The van der Waals surface area contributed by atoms with E-state index in [0.29, 0.717) is 5.02 Å². The molecular weight excluding hydrogens is 324 g/mol. The van der Waals surface area contributed by atoms with Gasteiger partial charge in [-0.25, -0.2) is 5.10 Å². The molecule has 4 rings (SSSR count). The van der Waals surface area contributed by atoms with Crippen LogP contribution >= 0.6 is 11.6 Å². The molecule has 120 valence electrons. The van der Waals surface area contributed by atoms with Crippen molar-refractivity contribution in [2.45, 2.75) is 12.1 Å². The Morgan fingerprint density at radius 3 is 2.12 bits per heavy atom. The molecule has 2 heterocycles. The van der Waals surface area contributed by atoms with E-state index in [0.717, 1.165) is 22.6 Å². The maximum atomic E-state index is 11.3. The quantitative estimate of drug-likeness (QED) is 0.665. The number of benzene rings is 2. The Labute approximate surface area is 143 Å². The number of aromatic nitrogens is 2. The van der Waals surface area contributed by atoms with E-state index in [9.17, 15) is 4.79 Å². The van der Waals surface area contributed by atoms with Gasteiger partial charge in [-0.1, -0.05) is 35.9 Å². The largest absolute Gasteiger partial charge is 0.374 e. The molecular formula is C18H15ClN4O. The van der Waals surface area contributed by atoms with Gasteiger partial charge in [-0.05, 0) is 35.9 Å². The molecule has 6 heteroatoms. The smallest absolute Gasteiger partial charge is 0.264 e. The summed E-state index contributed by atoms with van der Waals surface area (Å²) in [6, 6.07) is 18.8. The van der Waals surface area contributed by atoms with Crippen molar-refractivity contribution in [3.8, 4) is 0 Å². The number of para-hydroxylation sites is 2. The van der Waals surface area contributed by atoms with E-state index >= 15 is 0 Å². The van der Waals surface area contributed by atoms with Gasteiger partial charge in [-0.15, -0.1) is 0 Å². The predicted molar refractivity (Wildman–Crippen MR) is 95.5 cm³/mol. The zero-order valence-electron chi connectivity index (χ0n) is 12.7. The van der Waals surface area contributed by atoms with Crippen LogP contribution in [-0.2, 0) is 0 Å². The summed E-state index contributed by atoms with van der Waals surface area (Å²) < 4.78 is 0. The third-order valence-corrected chi connectivity index (χ3v) is 4.38. The second-order valence-corrected chi connectivity index (χ2v) is 6.12. The zero-order valence-corrected chi connectivity index (χ0v) is 13.4. The minimum Gasteiger partial charge on any atom is -0.374 e. The molecule has 0 radical (unpaired) electrons. The maximum absolute atomic E-state index is 11.3. The first-order chi connectivity index (χ1) is 11.7. The first-order valence-corrected chi connectivity index (χ1v) is 8.02. The number of halogens is 1. The van der Waals surface area contributed by atoms with Crippen LogP contribution in [0.25, 0.3) is 0 Å². The third-order valence-electron chi connectivity index (χ3n) is 4.13. The molecule has 24 heavy (non-hydrogen) atoms. The molecule has 0 bridgehead atoms. The molecule has 0 saturated carbocycles. The van der Waals surface area contributed by atoms with Crippen molar-refractivity contribution >= 4 is 23.0 Å². The van der Waals surface area contributed by atoms with Gasteiger partial charge in [0, 0.05) is 11.1 Å². The summed E-state index contributed by atoms with van der Waals surface area (Å²) in [5, 5.41) is 14.5. The SMILES string of the molecule is O=c1ccc(C2Nc3ccccc3NC2c2ccc(Cl)cc2)n[nH]1. The van der Waals surface area contributed by atoms with Crippen LogP contribution in [0.15, 0.2) is 65.5 Å². The average Bonchev–Trinajstić information content (AvgIpc) is 2.62. The molecule has 2 unspecified atom stereocenters. The summed E-state index contributed by atoms with van der Waals surface area (Å²) in [7, 11) is 0. The number of nitrogens with zero attached hydrogens (tertiary/aromatic N) is 1. The van der Waals surface area contributed by atoms with Crippen LogP contribution in [0.2, 0.25) is 5.02 Å². The Morgan fingerprint density at radius 2 is 1.50 bits per heavy atom. The molecule has 1 aliphatic heterocycles. The van der Waals surface area contributed by atoms with E-state index in [1.165, 1.54) is 6.07 Å². The fraction of sp³-hybridized carbons (Fsp3) is 0.111. The monoisotopic (exact) mass is 338 g/mol. The molecule has 0 fully saturated rings. The fourth-order valence-corrected chi connectivity index (χ4v) is 3.08. The predicted octanol–water partition coefficient (Wildman–Crippen LogP) is 3.74. The molecule has 0 saturated heterocycles. The number of fused-ring (bicyclic) bond motifs is 1. The molecule has 0 spiro atoms. The number of hydrogen-bond acceptors (Lipinski definition) is 4. The second kappa shape index (κ2) is 6.02. The van der Waals surface area contributed by atoms with Crippen molar-refractivity contribution in [1.82, 2.24) is 10.2 Å². The highest BCUT2D eigenvalue weighted by Crippen LogP contribution is 2.41. The highest BCUT2D eigenvalue weighted by molar-refractivity contribution is 6.30. The molecule has 0 amide bonds. The van der Waals surface area contributed by atoms with Gasteiger partial charge in [-0.2, -0.15) is 5.10 Å². The van der Waals surface area contributed by atoms with Gasteiger partial charge in [0.05, 0.1) is 29.2 Å². The van der Waals surface area contributed by atoms with Gasteiger partial charge >= 0.3 is 0 Å². The minimum atomic E-state index is -0.217. The second-order valence-electron chi connectivity index (χ2n) is 5.69. The Kier molecular flexibility index (Phi) is 3.70. The summed E-state index contributed by atoms with van der Waals surface area (Å²) in [4.78, 5) is 11.3. The lowest BCUT2D eigenvalue weighted by Crippen LogP contribution is -2.31. The number of nitrogens with one attached hydrogen (secondary N) is 3. The van der Waals surface area contributed by atoms with Crippen LogP contribution in [-0.4, -0.2) is 10.2 Å². The zero-order chi connectivity index (χ0) is 16.5. The Hall–Kier alpha value is -2.79. The third kappa shape index (κ3) is 2.74. The van der Waals surface area contributed by atoms with Crippen LogP contribution in [0.5, 0.6) is 0 Å². The van der Waals surface area contributed by atoms with Gasteiger partial charge in [0.25, 0.3) is 5.56 Å². The minimum absolute atomic E-state index is 0.0458. The van der Waals surface area contributed by atoms with Crippen LogP contribution < -0.4 is 16.2 Å². The summed E-state index contributed by atoms with van der Waals surface area (Å²) in [5.74, 6) is 0. The molecule has 3 aromatic rings. The van der Waals surface area contributed by atoms with E-state index in [1.54, 1.807) is 6.07 Å². The normalized spacial score (nSPS) is 19.0. The molecule has 3 N–H and O–H groups in total. The van der Waals surface area contributed by atoms with E-state index in [4.69, 9.17) is 11.6 Å². The summed E-state index contributed by atoms with van der Waals surface area (Å²) in [6.45, 7) is 0. The molecule has 0 aliphatic carbocycles. The fourth-order valence-electron chi connectivity index (χ4n) is 2.96. The van der Waals surface area contributed by atoms with Gasteiger partial charge in [0.2, 0.25) is 0 Å². The van der Waals surface area contributed by atoms with Crippen LogP contribution in [0.1, 0.15) is 23.3 Å².